The molecule has 2 heterocycles. The van der Waals surface area contributed by atoms with Crippen molar-refractivity contribution in [3.63, 3.8) is 0 Å². The van der Waals surface area contributed by atoms with Crippen molar-refractivity contribution in [2.24, 2.45) is 0 Å². The molecule has 1 aromatic heterocycles. The summed E-state index contributed by atoms with van der Waals surface area (Å²) in [6.45, 7) is 0.807. The molecule has 0 amide bonds. The zero-order valence-corrected chi connectivity index (χ0v) is 19.5. The Morgan fingerprint density at radius 1 is 0.914 bits per heavy atom. The number of fused-ring (bicyclic) bond motifs is 2. The van der Waals surface area contributed by atoms with Crippen LogP contribution in [0.4, 0.5) is 0 Å². The van der Waals surface area contributed by atoms with Crippen molar-refractivity contribution in [2.75, 3.05) is 20.3 Å². The molecule has 0 unspecified atom stereocenters. The highest BCUT2D eigenvalue weighted by atomic mass is 32.1. The van der Waals surface area contributed by atoms with Gasteiger partial charge in [-0.05, 0) is 53.6 Å². The number of carboxylic acid groups (broad SMARTS) is 1. The lowest BCUT2D eigenvalue weighted by Gasteiger charge is -2.19. The van der Waals surface area contributed by atoms with Crippen LogP contribution in [0.3, 0.4) is 0 Å². The molecule has 5 rings (SSSR count). The monoisotopic (exact) mass is 488 g/mol. The zero-order chi connectivity index (χ0) is 24.4. The molecule has 0 saturated heterocycles. The van der Waals surface area contributed by atoms with Crippen LogP contribution >= 0.6 is 11.7 Å². The number of aromatic nitrogens is 2. The van der Waals surface area contributed by atoms with Crippen LogP contribution in [0.25, 0.3) is 16.6 Å². The molecule has 176 valence electrons. The van der Waals surface area contributed by atoms with Gasteiger partial charge in [0, 0.05) is 17.6 Å². The van der Waals surface area contributed by atoms with E-state index in [9.17, 15) is 14.7 Å². The number of allylic oxidation sites excluding steroid dienone is 1. The average Bonchev–Trinajstić information content (AvgIpc) is 3.36. The van der Waals surface area contributed by atoms with Crippen LogP contribution in [0, 0.1) is 0 Å². The number of methoxy groups -OCH3 is 1. The fourth-order valence-corrected chi connectivity index (χ4v) is 4.47. The van der Waals surface area contributed by atoms with Gasteiger partial charge >= 0.3 is 5.97 Å². The highest BCUT2D eigenvalue weighted by Gasteiger charge is 2.25. The van der Waals surface area contributed by atoms with E-state index in [1.807, 2.05) is 12.1 Å². The molecule has 0 fully saturated rings. The molecule has 1 aliphatic heterocycles. The van der Waals surface area contributed by atoms with Gasteiger partial charge in [-0.3, -0.25) is 4.79 Å². The standard InChI is InChI=1S/C26H20N2O6S/c1-32-18-6-2-15(3-7-18)12-19(25(29)17-5-9-22-23(14-17)34-11-10-33-22)24(26(30)31)16-4-8-20-21(13-16)28-35-27-20/h2-9,13-14H,10-12H2,1H3,(H,30,31). The lowest BCUT2D eigenvalue weighted by Crippen LogP contribution is -2.17. The molecule has 4 aromatic rings. The molecule has 0 radical (unpaired) electrons. The van der Waals surface area contributed by atoms with Gasteiger partial charge in [0.15, 0.2) is 17.3 Å². The van der Waals surface area contributed by atoms with E-state index in [0.717, 1.165) is 17.3 Å². The number of benzene rings is 3. The third kappa shape index (κ3) is 4.58. The normalized spacial score (nSPS) is 13.3. The Morgan fingerprint density at radius 2 is 1.63 bits per heavy atom. The molecular formula is C26H20N2O6S. The molecule has 0 aliphatic carbocycles. The molecule has 0 spiro atoms. The lowest BCUT2D eigenvalue weighted by molar-refractivity contribution is -0.130. The van der Waals surface area contributed by atoms with Gasteiger partial charge in [-0.25, -0.2) is 4.79 Å². The van der Waals surface area contributed by atoms with E-state index in [0.29, 0.717) is 52.6 Å². The summed E-state index contributed by atoms with van der Waals surface area (Å²) >= 11 is 1.04. The summed E-state index contributed by atoms with van der Waals surface area (Å²) in [5.74, 6) is 0.0529. The Hall–Kier alpha value is -4.24. The first-order chi connectivity index (χ1) is 17.0. The van der Waals surface area contributed by atoms with E-state index >= 15 is 0 Å². The Labute approximate surface area is 204 Å². The number of ether oxygens (including phenoxy) is 3. The van der Waals surface area contributed by atoms with Crippen LogP contribution in [0.5, 0.6) is 17.2 Å². The fraction of sp³-hybridized carbons (Fsp3) is 0.154. The van der Waals surface area contributed by atoms with Crippen molar-refractivity contribution < 1.29 is 28.9 Å². The Kier molecular flexibility index (Phi) is 6.15. The van der Waals surface area contributed by atoms with Gasteiger partial charge in [-0.2, -0.15) is 8.75 Å². The summed E-state index contributed by atoms with van der Waals surface area (Å²) in [5, 5.41) is 10.3. The van der Waals surface area contributed by atoms with E-state index in [1.165, 1.54) is 0 Å². The molecule has 0 bridgehead atoms. The SMILES string of the molecule is COc1ccc(CC(C(=O)c2ccc3c(c2)OCCO3)=C(C(=O)O)c2ccc3nsnc3c2)cc1. The van der Waals surface area contributed by atoms with E-state index in [2.05, 4.69) is 8.75 Å². The summed E-state index contributed by atoms with van der Waals surface area (Å²) in [6.07, 6.45) is 0.103. The average molecular weight is 489 g/mol. The van der Waals surface area contributed by atoms with Gasteiger partial charge in [0.05, 0.1) is 24.4 Å². The van der Waals surface area contributed by atoms with Crippen molar-refractivity contribution in [3.8, 4) is 17.2 Å². The summed E-state index contributed by atoms with van der Waals surface area (Å²) in [4.78, 5) is 26.4. The van der Waals surface area contributed by atoms with Crippen LogP contribution in [-0.2, 0) is 11.2 Å². The predicted octanol–water partition coefficient (Wildman–Crippen LogP) is 4.43. The molecule has 3 aromatic carbocycles. The van der Waals surface area contributed by atoms with Crippen molar-refractivity contribution >= 4 is 40.1 Å². The molecule has 1 N–H and O–H groups in total. The molecule has 1 aliphatic rings. The number of carbonyl (C=O) groups excluding carboxylic acids is 1. The van der Waals surface area contributed by atoms with Crippen LogP contribution in [0.1, 0.15) is 21.5 Å². The third-order valence-electron chi connectivity index (χ3n) is 5.68. The third-order valence-corrected chi connectivity index (χ3v) is 6.23. The molecule has 9 heteroatoms. The van der Waals surface area contributed by atoms with Gasteiger partial charge in [0.2, 0.25) is 0 Å². The number of hydrogen-bond donors (Lipinski definition) is 1. The van der Waals surface area contributed by atoms with Crippen LogP contribution in [0.15, 0.2) is 66.2 Å². The van der Waals surface area contributed by atoms with Gasteiger partial charge in [-0.15, -0.1) is 0 Å². The molecule has 0 atom stereocenters. The van der Waals surface area contributed by atoms with E-state index in [1.54, 1.807) is 55.6 Å². The number of Topliss-reactive ketones (excluding diaryl/α,β-unsaturated/α-hetero) is 1. The number of rotatable bonds is 7. The molecule has 8 nitrogen and oxygen atoms in total. The summed E-state index contributed by atoms with van der Waals surface area (Å²) in [6, 6.07) is 17.0. The van der Waals surface area contributed by atoms with Gasteiger partial charge in [0.1, 0.15) is 30.0 Å². The summed E-state index contributed by atoms with van der Waals surface area (Å²) in [7, 11) is 1.57. The second kappa shape index (κ2) is 9.55. The maximum absolute atomic E-state index is 13.8. The minimum atomic E-state index is -1.21. The summed E-state index contributed by atoms with van der Waals surface area (Å²) in [5.41, 5.74) is 2.75. The number of aliphatic carboxylic acids is 1. The number of ketones is 1. The second-order valence-electron chi connectivity index (χ2n) is 7.84. The summed E-state index contributed by atoms with van der Waals surface area (Å²) < 4.78 is 24.8. The van der Waals surface area contributed by atoms with Crippen LogP contribution in [-0.4, -0.2) is 45.9 Å². The quantitative estimate of drug-likeness (QED) is 0.301. The smallest absolute Gasteiger partial charge is 0.336 e. The van der Waals surface area contributed by atoms with Crippen molar-refractivity contribution in [2.45, 2.75) is 6.42 Å². The number of carboxylic acids is 1. The highest BCUT2D eigenvalue weighted by molar-refractivity contribution is 7.00. The van der Waals surface area contributed by atoms with E-state index < -0.39 is 11.8 Å². The maximum Gasteiger partial charge on any atom is 0.336 e. The minimum absolute atomic E-state index is 0.0874. The minimum Gasteiger partial charge on any atom is -0.497 e. The van der Waals surface area contributed by atoms with Gasteiger partial charge in [-0.1, -0.05) is 18.2 Å². The number of carbonyl (C=O) groups is 2. The molecular weight excluding hydrogens is 468 g/mol. The zero-order valence-electron chi connectivity index (χ0n) is 18.7. The molecule has 35 heavy (non-hydrogen) atoms. The molecule has 0 saturated carbocycles. The maximum atomic E-state index is 13.8. The predicted molar refractivity (Wildman–Crippen MR) is 130 cm³/mol. The number of nitrogens with zero attached hydrogens (tertiary/aromatic N) is 2. The number of hydrogen-bond acceptors (Lipinski definition) is 8. The fourth-order valence-electron chi connectivity index (χ4n) is 3.95. The first kappa shape index (κ1) is 22.5. The Morgan fingerprint density at radius 3 is 2.37 bits per heavy atom. The van der Waals surface area contributed by atoms with E-state index in [-0.39, 0.29) is 17.6 Å². The van der Waals surface area contributed by atoms with Crippen LogP contribution in [0.2, 0.25) is 0 Å². The van der Waals surface area contributed by atoms with Crippen molar-refractivity contribution in [1.29, 1.82) is 0 Å². The highest BCUT2D eigenvalue weighted by Crippen LogP contribution is 2.33. The Bertz CT molecular complexity index is 1460. The first-order valence-electron chi connectivity index (χ1n) is 10.8. The van der Waals surface area contributed by atoms with Crippen LogP contribution < -0.4 is 14.2 Å². The lowest BCUT2D eigenvalue weighted by atomic mass is 9.89. The largest absolute Gasteiger partial charge is 0.497 e. The van der Waals surface area contributed by atoms with Crippen molar-refractivity contribution in [1.82, 2.24) is 8.75 Å². The topological polar surface area (TPSA) is 108 Å². The van der Waals surface area contributed by atoms with Gasteiger partial charge in [0.25, 0.3) is 0 Å². The van der Waals surface area contributed by atoms with Gasteiger partial charge < -0.3 is 19.3 Å². The second-order valence-corrected chi connectivity index (χ2v) is 8.37. The Balaban J connectivity index is 1.65. The van der Waals surface area contributed by atoms with Crippen molar-refractivity contribution in [3.05, 3.63) is 82.9 Å². The van der Waals surface area contributed by atoms with E-state index in [4.69, 9.17) is 14.2 Å². The first-order valence-corrected chi connectivity index (χ1v) is 11.5.